The normalized spacial score (nSPS) is 52.2. The molecule has 0 spiro atoms. The first-order valence-electron chi connectivity index (χ1n) is 4.56. The molecule has 0 aromatic rings. The third kappa shape index (κ3) is 1.47. The quantitative estimate of drug-likeness (QED) is 0.339. The van der Waals surface area contributed by atoms with Gasteiger partial charge in [0.25, 0.3) is 0 Å². The number of hydrogen-bond donors (Lipinski definition) is 4. The van der Waals surface area contributed by atoms with E-state index in [4.69, 9.17) is 0 Å². The maximum absolute atomic E-state index is 9.57. The molecule has 2 saturated heterocycles. The summed E-state index contributed by atoms with van der Waals surface area (Å²) in [5.74, 6) is 0. The zero-order valence-corrected chi connectivity index (χ0v) is 7.24. The minimum Gasteiger partial charge on any atom is -0.392 e. The second kappa shape index (κ2) is 3.18. The van der Waals surface area contributed by atoms with Crippen molar-refractivity contribution in [2.24, 2.45) is 0 Å². The smallest absolute Gasteiger partial charge is 0.108 e. The van der Waals surface area contributed by atoms with Gasteiger partial charge < -0.3 is 20.4 Å². The lowest BCUT2D eigenvalue weighted by Gasteiger charge is -2.39. The Bertz CT molecular complexity index is 199. The summed E-state index contributed by atoms with van der Waals surface area (Å²) in [6, 6.07) is -0.201. The molecular formula is C8H15NO4. The highest BCUT2D eigenvalue weighted by Gasteiger charge is 2.45. The molecule has 2 heterocycles. The van der Waals surface area contributed by atoms with E-state index >= 15 is 0 Å². The monoisotopic (exact) mass is 189 g/mol. The zero-order chi connectivity index (χ0) is 9.59. The summed E-state index contributed by atoms with van der Waals surface area (Å²) >= 11 is 0. The molecule has 76 valence electrons. The molecule has 2 rings (SSSR count). The standard InChI is InChI=1S/C8H15NO4/c10-4-1-5-7(12)8(13)6(11)3-9(5)2-4/h4-8,10-13H,1-3H2/t4-,5+,6+,7-,8+/m1/s1. The Kier molecular flexibility index (Phi) is 2.29. The van der Waals surface area contributed by atoms with Gasteiger partial charge >= 0.3 is 0 Å². The maximum Gasteiger partial charge on any atom is 0.108 e. The van der Waals surface area contributed by atoms with Crippen LogP contribution in [0.25, 0.3) is 0 Å². The second-order valence-corrected chi connectivity index (χ2v) is 3.96. The van der Waals surface area contributed by atoms with Crippen molar-refractivity contribution >= 4 is 0 Å². The molecule has 5 heteroatoms. The van der Waals surface area contributed by atoms with Crippen LogP contribution < -0.4 is 0 Å². The van der Waals surface area contributed by atoms with Crippen LogP contribution in [-0.2, 0) is 0 Å². The van der Waals surface area contributed by atoms with Crippen molar-refractivity contribution in [3.05, 3.63) is 0 Å². The summed E-state index contributed by atoms with van der Waals surface area (Å²) in [5.41, 5.74) is 0. The van der Waals surface area contributed by atoms with Crippen molar-refractivity contribution in [2.45, 2.75) is 36.9 Å². The minimum atomic E-state index is -1.08. The van der Waals surface area contributed by atoms with E-state index in [9.17, 15) is 20.4 Å². The lowest BCUT2D eigenvalue weighted by molar-refractivity contribution is -0.127. The van der Waals surface area contributed by atoms with Crippen molar-refractivity contribution in [3.8, 4) is 0 Å². The Balaban J connectivity index is 2.11. The number of fused-ring (bicyclic) bond motifs is 1. The van der Waals surface area contributed by atoms with Gasteiger partial charge in [-0.1, -0.05) is 0 Å². The van der Waals surface area contributed by atoms with E-state index in [1.807, 2.05) is 4.90 Å². The van der Waals surface area contributed by atoms with Crippen LogP contribution >= 0.6 is 0 Å². The van der Waals surface area contributed by atoms with Gasteiger partial charge in [0.2, 0.25) is 0 Å². The first-order valence-corrected chi connectivity index (χ1v) is 4.56. The van der Waals surface area contributed by atoms with E-state index in [1.54, 1.807) is 0 Å². The molecule has 0 radical (unpaired) electrons. The van der Waals surface area contributed by atoms with Crippen LogP contribution in [0.2, 0.25) is 0 Å². The van der Waals surface area contributed by atoms with E-state index in [0.717, 1.165) is 0 Å². The van der Waals surface area contributed by atoms with Gasteiger partial charge in [-0.05, 0) is 6.42 Å². The molecule has 4 N–H and O–H groups in total. The highest BCUT2D eigenvalue weighted by Crippen LogP contribution is 2.27. The van der Waals surface area contributed by atoms with Crippen molar-refractivity contribution in [2.75, 3.05) is 13.1 Å². The highest BCUT2D eigenvalue weighted by atomic mass is 16.4. The van der Waals surface area contributed by atoms with Crippen LogP contribution in [-0.4, -0.2) is 68.9 Å². The largest absolute Gasteiger partial charge is 0.392 e. The zero-order valence-electron chi connectivity index (χ0n) is 7.24. The average Bonchev–Trinajstić information content (AvgIpc) is 2.42. The van der Waals surface area contributed by atoms with E-state index in [2.05, 4.69) is 0 Å². The number of piperidine rings is 1. The molecular weight excluding hydrogens is 174 g/mol. The van der Waals surface area contributed by atoms with Crippen molar-refractivity contribution in [1.29, 1.82) is 0 Å². The van der Waals surface area contributed by atoms with Gasteiger partial charge in [-0.2, -0.15) is 0 Å². The second-order valence-electron chi connectivity index (χ2n) is 3.96. The summed E-state index contributed by atoms with van der Waals surface area (Å²) in [5, 5.41) is 37.6. The van der Waals surface area contributed by atoms with Crippen LogP contribution in [0.4, 0.5) is 0 Å². The third-order valence-electron chi connectivity index (χ3n) is 2.99. The van der Waals surface area contributed by atoms with Crippen LogP contribution in [0.15, 0.2) is 0 Å². The van der Waals surface area contributed by atoms with Gasteiger partial charge in [0, 0.05) is 19.1 Å². The minimum absolute atomic E-state index is 0.201. The lowest BCUT2D eigenvalue weighted by Crippen LogP contribution is -2.58. The Labute approximate surface area is 76.2 Å². The summed E-state index contributed by atoms with van der Waals surface area (Å²) in [7, 11) is 0. The molecule has 0 aromatic heterocycles. The van der Waals surface area contributed by atoms with Gasteiger partial charge in [-0.15, -0.1) is 0 Å². The predicted octanol–water partition coefficient (Wildman–Crippen LogP) is -2.48. The molecule has 0 bridgehead atoms. The Morgan fingerprint density at radius 3 is 2.31 bits per heavy atom. The van der Waals surface area contributed by atoms with Crippen LogP contribution in [0.1, 0.15) is 6.42 Å². The number of hydrogen-bond acceptors (Lipinski definition) is 5. The van der Waals surface area contributed by atoms with Gasteiger partial charge in [-0.25, -0.2) is 0 Å². The van der Waals surface area contributed by atoms with Crippen molar-refractivity contribution in [3.63, 3.8) is 0 Å². The molecule has 2 aliphatic rings. The molecule has 2 fully saturated rings. The van der Waals surface area contributed by atoms with Gasteiger partial charge in [0.1, 0.15) is 6.10 Å². The van der Waals surface area contributed by atoms with Gasteiger partial charge in [-0.3, -0.25) is 4.90 Å². The third-order valence-corrected chi connectivity index (χ3v) is 2.99. The van der Waals surface area contributed by atoms with Crippen LogP contribution in [0.5, 0.6) is 0 Å². The van der Waals surface area contributed by atoms with E-state index in [0.29, 0.717) is 19.5 Å². The molecule has 0 aliphatic carbocycles. The summed E-state index contributed by atoms with van der Waals surface area (Å²) < 4.78 is 0. The predicted molar refractivity (Wildman–Crippen MR) is 44.0 cm³/mol. The fourth-order valence-corrected chi connectivity index (χ4v) is 2.28. The van der Waals surface area contributed by atoms with Crippen LogP contribution in [0, 0.1) is 0 Å². The summed E-state index contributed by atoms with van der Waals surface area (Å²) in [4.78, 5) is 1.83. The molecule has 0 aromatic carbocycles. The fraction of sp³-hybridized carbons (Fsp3) is 1.00. The molecule has 2 aliphatic heterocycles. The average molecular weight is 189 g/mol. The van der Waals surface area contributed by atoms with Crippen molar-refractivity contribution < 1.29 is 20.4 Å². The summed E-state index contributed by atoms with van der Waals surface area (Å²) in [6.07, 6.45) is -2.90. The summed E-state index contributed by atoms with van der Waals surface area (Å²) in [6.45, 7) is 0.811. The molecule has 0 saturated carbocycles. The lowest BCUT2D eigenvalue weighted by atomic mass is 9.94. The van der Waals surface area contributed by atoms with Crippen molar-refractivity contribution in [1.82, 2.24) is 4.90 Å². The van der Waals surface area contributed by atoms with Crippen LogP contribution in [0.3, 0.4) is 0 Å². The fourth-order valence-electron chi connectivity index (χ4n) is 2.28. The van der Waals surface area contributed by atoms with E-state index in [-0.39, 0.29) is 6.04 Å². The maximum atomic E-state index is 9.57. The van der Waals surface area contributed by atoms with Gasteiger partial charge in [0.15, 0.2) is 0 Å². The number of nitrogens with zero attached hydrogens (tertiary/aromatic N) is 1. The van der Waals surface area contributed by atoms with E-state index < -0.39 is 24.4 Å². The Morgan fingerprint density at radius 2 is 1.62 bits per heavy atom. The molecule has 13 heavy (non-hydrogen) atoms. The Hall–Kier alpha value is -0.200. The molecule has 5 atom stereocenters. The SMILES string of the molecule is O[C@@H]1C[C@H]2[C@@H](O)[C@@H](O)[C@@H](O)CN2C1. The first kappa shape index (κ1) is 9.36. The highest BCUT2D eigenvalue weighted by molar-refractivity contribution is 4.99. The number of aliphatic hydroxyl groups excluding tert-OH is 4. The van der Waals surface area contributed by atoms with Gasteiger partial charge in [0.05, 0.1) is 18.3 Å². The Morgan fingerprint density at radius 1 is 0.923 bits per heavy atom. The number of aliphatic hydroxyl groups is 4. The van der Waals surface area contributed by atoms with E-state index in [1.165, 1.54) is 0 Å². The molecule has 0 unspecified atom stereocenters. The number of rotatable bonds is 0. The first-order chi connectivity index (χ1) is 6.09. The molecule has 0 amide bonds. The topological polar surface area (TPSA) is 84.2 Å². The molecule has 5 nitrogen and oxygen atoms in total.